The minimum Gasteiger partial charge on any atom is -0.382 e. The van der Waals surface area contributed by atoms with Gasteiger partial charge in [-0.1, -0.05) is 0 Å². The van der Waals surface area contributed by atoms with Crippen LogP contribution in [0.4, 0.5) is 11.4 Å². The molecule has 0 radical (unpaired) electrons. The average molecular weight is 232 g/mol. The Balaban J connectivity index is 1.96. The van der Waals surface area contributed by atoms with Gasteiger partial charge >= 0.3 is 0 Å². The molecule has 2 rings (SSSR count). The maximum atomic E-state index is 3.59. The van der Waals surface area contributed by atoms with Crippen molar-refractivity contribution in [3.05, 3.63) is 24.3 Å². The highest BCUT2D eigenvalue weighted by Gasteiger charge is 2.27. The number of benzene rings is 1. The van der Waals surface area contributed by atoms with Crippen LogP contribution in [0.15, 0.2) is 24.3 Å². The first-order valence-electron chi connectivity index (χ1n) is 6.86. The quantitative estimate of drug-likeness (QED) is 0.803. The molecule has 1 N–H and O–H groups in total. The van der Waals surface area contributed by atoms with E-state index in [0.717, 1.165) is 19.0 Å². The summed E-state index contributed by atoms with van der Waals surface area (Å²) >= 11 is 0. The smallest absolute Gasteiger partial charge is 0.0367 e. The summed E-state index contributed by atoms with van der Waals surface area (Å²) in [7, 11) is 0. The molecule has 1 unspecified atom stereocenters. The lowest BCUT2D eigenvalue weighted by Crippen LogP contribution is -2.22. The average Bonchev–Trinajstić information content (AvgIpc) is 3.17. The summed E-state index contributed by atoms with van der Waals surface area (Å²) in [5, 5.41) is 3.59. The van der Waals surface area contributed by atoms with Gasteiger partial charge in [0.15, 0.2) is 0 Å². The lowest BCUT2D eigenvalue weighted by molar-refractivity contribution is 0.694. The highest BCUT2D eigenvalue weighted by molar-refractivity contribution is 5.55. The van der Waals surface area contributed by atoms with Crippen LogP contribution in [0.3, 0.4) is 0 Å². The first-order valence-corrected chi connectivity index (χ1v) is 6.86. The van der Waals surface area contributed by atoms with Gasteiger partial charge in [-0.2, -0.15) is 0 Å². The number of hydrogen-bond donors (Lipinski definition) is 1. The fraction of sp³-hybridized carbons (Fsp3) is 0.600. The molecule has 0 aliphatic heterocycles. The van der Waals surface area contributed by atoms with Gasteiger partial charge in [0.25, 0.3) is 0 Å². The zero-order valence-electron chi connectivity index (χ0n) is 11.2. The molecule has 94 valence electrons. The molecule has 1 aromatic rings. The molecule has 0 heterocycles. The van der Waals surface area contributed by atoms with Crippen LogP contribution in [0.5, 0.6) is 0 Å². The normalized spacial score (nSPS) is 16.6. The second-order valence-electron chi connectivity index (χ2n) is 4.99. The first kappa shape index (κ1) is 12.3. The van der Waals surface area contributed by atoms with Gasteiger partial charge in [-0.05, 0) is 63.8 Å². The Morgan fingerprint density at radius 3 is 2.24 bits per heavy atom. The van der Waals surface area contributed by atoms with Gasteiger partial charge in [0.2, 0.25) is 0 Å². The summed E-state index contributed by atoms with van der Waals surface area (Å²) in [6.45, 7) is 8.83. The molecule has 1 aliphatic rings. The van der Waals surface area contributed by atoms with E-state index in [1.165, 1.54) is 24.2 Å². The van der Waals surface area contributed by atoms with Crippen LogP contribution in [0.1, 0.15) is 33.6 Å². The Bertz CT molecular complexity index is 336. The topological polar surface area (TPSA) is 15.3 Å². The van der Waals surface area contributed by atoms with E-state index in [0.29, 0.717) is 6.04 Å². The fourth-order valence-corrected chi connectivity index (χ4v) is 2.33. The van der Waals surface area contributed by atoms with E-state index in [9.17, 15) is 0 Å². The molecule has 0 aromatic heterocycles. The van der Waals surface area contributed by atoms with Crippen LogP contribution >= 0.6 is 0 Å². The van der Waals surface area contributed by atoms with Crippen molar-refractivity contribution in [1.29, 1.82) is 0 Å². The van der Waals surface area contributed by atoms with Crippen molar-refractivity contribution in [3.8, 4) is 0 Å². The zero-order valence-corrected chi connectivity index (χ0v) is 11.2. The summed E-state index contributed by atoms with van der Waals surface area (Å²) in [5.41, 5.74) is 2.57. The molecular formula is C15H24N2. The Hall–Kier alpha value is -1.18. The van der Waals surface area contributed by atoms with Crippen molar-refractivity contribution >= 4 is 11.4 Å². The molecule has 17 heavy (non-hydrogen) atoms. The SMILES string of the molecule is CCN(CC)c1ccc(NC(C)C2CC2)cc1. The van der Waals surface area contributed by atoms with E-state index in [2.05, 4.69) is 55.3 Å². The fourth-order valence-electron chi connectivity index (χ4n) is 2.33. The Kier molecular flexibility index (Phi) is 3.93. The number of hydrogen-bond acceptors (Lipinski definition) is 2. The molecule has 1 saturated carbocycles. The van der Waals surface area contributed by atoms with E-state index in [1.54, 1.807) is 0 Å². The van der Waals surface area contributed by atoms with Crippen molar-refractivity contribution in [2.75, 3.05) is 23.3 Å². The van der Waals surface area contributed by atoms with E-state index in [4.69, 9.17) is 0 Å². The van der Waals surface area contributed by atoms with Gasteiger partial charge in [0.05, 0.1) is 0 Å². The molecule has 0 spiro atoms. The van der Waals surface area contributed by atoms with Crippen LogP contribution in [0.25, 0.3) is 0 Å². The van der Waals surface area contributed by atoms with Gasteiger partial charge in [-0.25, -0.2) is 0 Å². The third-order valence-electron chi connectivity index (χ3n) is 3.72. The second-order valence-corrected chi connectivity index (χ2v) is 4.99. The number of rotatable bonds is 6. The predicted octanol–water partition coefficient (Wildman–Crippen LogP) is 3.74. The summed E-state index contributed by atoms with van der Waals surface area (Å²) < 4.78 is 0. The van der Waals surface area contributed by atoms with E-state index in [1.807, 2.05) is 0 Å². The summed E-state index contributed by atoms with van der Waals surface area (Å²) in [6, 6.07) is 9.46. The van der Waals surface area contributed by atoms with Gasteiger partial charge in [-0.3, -0.25) is 0 Å². The monoisotopic (exact) mass is 232 g/mol. The van der Waals surface area contributed by atoms with Crippen molar-refractivity contribution in [3.63, 3.8) is 0 Å². The molecule has 0 bridgehead atoms. The van der Waals surface area contributed by atoms with E-state index >= 15 is 0 Å². The maximum absolute atomic E-state index is 3.59. The standard InChI is InChI=1S/C15H24N2/c1-4-17(5-2)15-10-8-14(9-11-15)16-12(3)13-6-7-13/h8-13,16H,4-7H2,1-3H3. The molecule has 2 nitrogen and oxygen atoms in total. The molecule has 1 fully saturated rings. The van der Waals surface area contributed by atoms with E-state index in [-0.39, 0.29) is 0 Å². The van der Waals surface area contributed by atoms with Crippen LogP contribution in [0, 0.1) is 5.92 Å². The van der Waals surface area contributed by atoms with Gasteiger partial charge in [-0.15, -0.1) is 0 Å². The van der Waals surface area contributed by atoms with Crippen molar-refractivity contribution in [2.45, 2.75) is 39.7 Å². The van der Waals surface area contributed by atoms with Gasteiger partial charge in [0.1, 0.15) is 0 Å². The van der Waals surface area contributed by atoms with E-state index < -0.39 is 0 Å². The van der Waals surface area contributed by atoms with Crippen molar-refractivity contribution in [1.82, 2.24) is 0 Å². The van der Waals surface area contributed by atoms with Crippen LogP contribution in [-0.2, 0) is 0 Å². The van der Waals surface area contributed by atoms with Crippen LogP contribution < -0.4 is 10.2 Å². The Morgan fingerprint density at radius 1 is 1.18 bits per heavy atom. The molecular weight excluding hydrogens is 208 g/mol. The molecule has 0 amide bonds. The highest BCUT2D eigenvalue weighted by Crippen LogP contribution is 2.34. The summed E-state index contributed by atoms with van der Waals surface area (Å²) in [6.07, 6.45) is 2.79. The molecule has 1 aromatic carbocycles. The highest BCUT2D eigenvalue weighted by atomic mass is 15.1. The van der Waals surface area contributed by atoms with Gasteiger partial charge < -0.3 is 10.2 Å². The van der Waals surface area contributed by atoms with Crippen molar-refractivity contribution < 1.29 is 0 Å². The van der Waals surface area contributed by atoms with Crippen LogP contribution in [-0.4, -0.2) is 19.1 Å². The summed E-state index contributed by atoms with van der Waals surface area (Å²) in [5.74, 6) is 0.900. The number of anilines is 2. The lowest BCUT2D eigenvalue weighted by Gasteiger charge is -2.22. The maximum Gasteiger partial charge on any atom is 0.0367 e. The Labute approximate surface area is 105 Å². The molecule has 1 aliphatic carbocycles. The summed E-state index contributed by atoms with van der Waals surface area (Å²) in [4.78, 5) is 2.37. The van der Waals surface area contributed by atoms with Gasteiger partial charge in [0, 0.05) is 30.5 Å². The van der Waals surface area contributed by atoms with Crippen LogP contribution in [0.2, 0.25) is 0 Å². The molecule has 0 saturated heterocycles. The number of nitrogens with one attached hydrogen (secondary N) is 1. The van der Waals surface area contributed by atoms with Crippen molar-refractivity contribution in [2.24, 2.45) is 5.92 Å². The number of nitrogens with zero attached hydrogens (tertiary/aromatic N) is 1. The largest absolute Gasteiger partial charge is 0.382 e. The predicted molar refractivity (Wildman–Crippen MR) is 75.8 cm³/mol. The minimum absolute atomic E-state index is 0.620. The minimum atomic E-state index is 0.620. The second kappa shape index (κ2) is 5.44. The third kappa shape index (κ3) is 3.15. The third-order valence-corrected chi connectivity index (χ3v) is 3.72. The Morgan fingerprint density at radius 2 is 1.76 bits per heavy atom. The lowest BCUT2D eigenvalue weighted by atomic mass is 10.2. The zero-order chi connectivity index (χ0) is 12.3. The molecule has 2 heteroatoms. The molecule has 1 atom stereocenters. The first-order chi connectivity index (χ1) is 8.24.